The van der Waals surface area contributed by atoms with Crippen LogP contribution in [0.3, 0.4) is 0 Å². The maximum absolute atomic E-state index is 6.07. The Bertz CT molecular complexity index is 1040. The van der Waals surface area contributed by atoms with Crippen molar-refractivity contribution in [3.05, 3.63) is 60.2 Å². The van der Waals surface area contributed by atoms with Gasteiger partial charge in [0, 0.05) is 6.61 Å². The maximum atomic E-state index is 6.07. The van der Waals surface area contributed by atoms with Crippen LogP contribution in [0, 0.1) is 0 Å². The molecule has 0 heterocycles. The summed E-state index contributed by atoms with van der Waals surface area (Å²) in [7, 11) is 0. The van der Waals surface area contributed by atoms with Crippen molar-refractivity contribution in [2.75, 3.05) is 13.2 Å². The Morgan fingerprint density at radius 3 is 1.83 bits per heavy atom. The zero-order valence-corrected chi connectivity index (χ0v) is 18.2. The highest BCUT2D eigenvalue weighted by molar-refractivity contribution is 6.23. The molecule has 4 aromatic carbocycles. The third-order valence-electron chi connectivity index (χ3n) is 6.37. The van der Waals surface area contributed by atoms with Crippen LogP contribution in [-0.4, -0.2) is 13.2 Å². The molecule has 2 nitrogen and oxygen atoms in total. The van der Waals surface area contributed by atoms with Gasteiger partial charge in [-0.1, -0.05) is 99.5 Å². The Morgan fingerprint density at radius 2 is 1.13 bits per heavy atom. The minimum atomic E-state index is 0.704. The van der Waals surface area contributed by atoms with Crippen molar-refractivity contribution in [3.63, 3.8) is 0 Å². The lowest BCUT2D eigenvalue weighted by atomic mass is 9.92. The minimum absolute atomic E-state index is 0.704. The summed E-state index contributed by atoms with van der Waals surface area (Å²) in [6, 6.07) is 20.1. The molecule has 158 valence electrons. The summed E-state index contributed by atoms with van der Waals surface area (Å²) in [6.07, 6.45) is 11.7. The zero-order chi connectivity index (χ0) is 20.6. The van der Waals surface area contributed by atoms with E-state index in [1.165, 1.54) is 95.7 Å². The highest BCUT2D eigenvalue weighted by Gasteiger charge is 2.10. The Labute approximate surface area is 180 Å². The predicted octanol–water partition coefficient (Wildman–Crippen LogP) is 7.57. The van der Waals surface area contributed by atoms with E-state index in [0.29, 0.717) is 6.61 Å². The van der Waals surface area contributed by atoms with Gasteiger partial charge < -0.3 is 10.5 Å². The first kappa shape index (κ1) is 21.1. The van der Waals surface area contributed by atoms with E-state index in [1.807, 2.05) is 0 Å². The summed E-state index contributed by atoms with van der Waals surface area (Å²) in [5.41, 5.74) is 6.84. The first-order chi connectivity index (χ1) is 14.9. The largest absolute Gasteiger partial charge is 0.377 e. The molecule has 0 atom stereocenters. The average Bonchev–Trinajstić information content (AvgIpc) is 2.79. The molecule has 2 heteroatoms. The number of nitrogens with two attached hydrogens (primary N) is 1. The van der Waals surface area contributed by atoms with Gasteiger partial charge in [0.2, 0.25) is 0 Å². The Hall–Kier alpha value is -2.16. The minimum Gasteiger partial charge on any atom is -0.377 e. The van der Waals surface area contributed by atoms with Crippen molar-refractivity contribution < 1.29 is 4.74 Å². The van der Waals surface area contributed by atoms with E-state index in [1.54, 1.807) is 0 Å². The first-order valence-corrected chi connectivity index (χ1v) is 11.8. The molecule has 0 unspecified atom stereocenters. The Morgan fingerprint density at radius 1 is 0.567 bits per heavy atom. The van der Waals surface area contributed by atoms with Crippen LogP contribution in [0.15, 0.2) is 54.6 Å². The molecule has 0 aliphatic rings. The number of rotatable bonds is 13. The molecule has 0 radical (unpaired) electrons. The fraction of sp³-hybridized carbons (Fsp3) is 0.429. The summed E-state index contributed by atoms with van der Waals surface area (Å²) < 4.78 is 6.07. The lowest BCUT2D eigenvalue weighted by Gasteiger charge is -2.14. The lowest BCUT2D eigenvalue weighted by molar-refractivity contribution is 0.117. The van der Waals surface area contributed by atoms with Crippen molar-refractivity contribution in [2.45, 2.75) is 64.4 Å². The van der Waals surface area contributed by atoms with Gasteiger partial charge in [0.1, 0.15) is 0 Å². The molecule has 4 aromatic rings. The summed E-state index contributed by atoms with van der Waals surface area (Å²) in [4.78, 5) is 0. The summed E-state index contributed by atoms with van der Waals surface area (Å²) in [5, 5.41) is 8.08. The van der Waals surface area contributed by atoms with E-state index in [2.05, 4.69) is 54.6 Å². The molecular weight excluding hydrogens is 366 g/mol. The normalized spacial score (nSPS) is 11.9. The summed E-state index contributed by atoms with van der Waals surface area (Å²) >= 11 is 0. The number of benzene rings is 4. The van der Waals surface area contributed by atoms with Gasteiger partial charge in [-0.3, -0.25) is 0 Å². The zero-order valence-electron chi connectivity index (χ0n) is 18.2. The molecule has 0 saturated heterocycles. The van der Waals surface area contributed by atoms with Gasteiger partial charge in [0.05, 0.1) is 6.61 Å². The highest BCUT2D eigenvalue weighted by Crippen LogP contribution is 2.36. The number of unbranched alkanes of at least 4 members (excludes halogenated alkanes) is 8. The molecule has 30 heavy (non-hydrogen) atoms. The van der Waals surface area contributed by atoms with Crippen LogP contribution < -0.4 is 5.73 Å². The Balaban J connectivity index is 1.25. The highest BCUT2D eigenvalue weighted by atomic mass is 16.5. The second kappa shape index (κ2) is 10.7. The lowest BCUT2D eigenvalue weighted by Crippen LogP contribution is -1.98. The van der Waals surface area contributed by atoms with Crippen molar-refractivity contribution in [2.24, 2.45) is 5.73 Å². The predicted molar refractivity (Wildman–Crippen MR) is 130 cm³/mol. The van der Waals surface area contributed by atoms with Gasteiger partial charge in [-0.2, -0.15) is 0 Å². The van der Waals surface area contributed by atoms with Gasteiger partial charge in [-0.15, -0.1) is 0 Å². The van der Waals surface area contributed by atoms with Crippen molar-refractivity contribution in [1.29, 1.82) is 0 Å². The molecule has 2 N–H and O–H groups in total. The molecule has 0 bridgehead atoms. The molecule has 0 spiro atoms. The summed E-state index contributed by atoms with van der Waals surface area (Å²) in [5.74, 6) is 0. The molecule has 0 amide bonds. The fourth-order valence-electron chi connectivity index (χ4n) is 4.69. The topological polar surface area (TPSA) is 35.2 Å². The van der Waals surface area contributed by atoms with Crippen LogP contribution >= 0.6 is 0 Å². The van der Waals surface area contributed by atoms with Crippen LogP contribution in [0.4, 0.5) is 0 Å². The molecular formula is C28H35NO. The van der Waals surface area contributed by atoms with E-state index in [9.17, 15) is 0 Å². The van der Waals surface area contributed by atoms with Crippen molar-refractivity contribution in [3.8, 4) is 0 Å². The van der Waals surface area contributed by atoms with Crippen molar-refractivity contribution in [1.82, 2.24) is 0 Å². The molecule has 0 aliphatic heterocycles. The van der Waals surface area contributed by atoms with Gasteiger partial charge in [0.15, 0.2) is 0 Å². The second-order valence-corrected chi connectivity index (χ2v) is 8.60. The first-order valence-electron chi connectivity index (χ1n) is 11.8. The number of ether oxygens (including phenoxy) is 1. The number of hydrogen-bond donors (Lipinski definition) is 1. The number of hydrogen-bond acceptors (Lipinski definition) is 2. The third kappa shape index (κ3) is 4.94. The van der Waals surface area contributed by atoms with Gasteiger partial charge >= 0.3 is 0 Å². The van der Waals surface area contributed by atoms with Crippen molar-refractivity contribution >= 4 is 32.3 Å². The molecule has 0 saturated carbocycles. The fourth-order valence-corrected chi connectivity index (χ4v) is 4.69. The molecule has 0 aromatic heterocycles. The quantitative estimate of drug-likeness (QED) is 0.185. The maximum Gasteiger partial charge on any atom is 0.0722 e. The van der Waals surface area contributed by atoms with E-state index in [-0.39, 0.29) is 0 Å². The van der Waals surface area contributed by atoms with Crippen LogP contribution in [-0.2, 0) is 11.3 Å². The molecule has 0 fully saturated rings. The van der Waals surface area contributed by atoms with Gasteiger partial charge in [0.25, 0.3) is 0 Å². The summed E-state index contributed by atoms with van der Waals surface area (Å²) in [6.45, 7) is 2.41. The van der Waals surface area contributed by atoms with E-state index < -0.39 is 0 Å². The Kier molecular flexibility index (Phi) is 7.55. The molecule has 0 aliphatic carbocycles. The van der Waals surface area contributed by atoms with Crippen LogP contribution in [0.2, 0.25) is 0 Å². The van der Waals surface area contributed by atoms with Crippen LogP contribution in [0.25, 0.3) is 32.3 Å². The van der Waals surface area contributed by atoms with Gasteiger partial charge in [-0.25, -0.2) is 0 Å². The SMILES string of the molecule is NCCCCCCCCCCCOCc1ccc2ccc3cccc4ccc1c2c34. The van der Waals surface area contributed by atoms with Crippen LogP contribution in [0.1, 0.15) is 63.4 Å². The van der Waals surface area contributed by atoms with Gasteiger partial charge in [-0.05, 0) is 57.3 Å². The monoisotopic (exact) mass is 401 g/mol. The van der Waals surface area contributed by atoms with E-state index >= 15 is 0 Å². The average molecular weight is 402 g/mol. The van der Waals surface area contributed by atoms with E-state index in [4.69, 9.17) is 10.5 Å². The smallest absolute Gasteiger partial charge is 0.0722 e. The van der Waals surface area contributed by atoms with Crippen LogP contribution in [0.5, 0.6) is 0 Å². The third-order valence-corrected chi connectivity index (χ3v) is 6.37. The molecule has 4 rings (SSSR count). The standard InChI is InChI=1S/C28H35NO/c29-19-8-6-4-2-1-3-5-7-9-20-30-21-25-16-15-24-14-13-22-11-10-12-23-17-18-26(25)28(24)27(22)23/h10-18H,1-9,19-21,29H2. The van der Waals surface area contributed by atoms with E-state index in [0.717, 1.165) is 13.2 Å². The second-order valence-electron chi connectivity index (χ2n) is 8.60.